The summed E-state index contributed by atoms with van der Waals surface area (Å²) in [5, 5.41) is 3.45. The van der Waals surface area contributed by atoms with Crippen LogP contribution >= 0.6 is 15.9 Å². The minimum absolute atomic E-state index is 0.603. The summed E-state index contributed by atoms with van der Waals surface area (Å²) in [6.45, 7) is 6.20. The van der Waals surface area contributed by atoms with E-state index in [1.165, 1.54) is 11.1 Å². The lowest BCUT2D eigenvalue weighted by atomic mass is 10.1. The first-order chi connectivity index (χ1) is 10.1. The number of anilines is 1. The topological polar surface area (TPSA) is 30.5 Å². The van der Waals surface area contributed by atoms with E-state index in [0.717, 1.165) is 33.8 Å². The van der Waals surface area contributed by atoms with Crippen LogP contribution in [0.5, 0.6) is 11.5 Å². The second kappa shape index (κ2) is 5.98. The molecule has 0 aromatic heterocycles. The molecule has 0 spiro atoms. The number of hydrogen-bond acceptors (Lipinski definition) is 3. The molecule has 21 heavy (non-hydrogen) atoms. The molecule has 4 heteroatoms. The molecule has 1 aliphatic rings. The summed E-state index contributed by atoms with van der Waals surface area (Å²) in [5.41, 5.74) is 4.89. The molecule has 0 saturated carbocycles. The van der Waals surface area contributed by atoms with Crippen molar-refractivity contribution in [2.75, 3.05) is 18.5 Å². The van der Waals surface area contributed by atoms with Crippen LogP contribution in [0.25, 0.3) is 0 Å². The molecule has 3 nitrogen and oxygen atoms in total. The monoisotopic (exact) mass is 347 g/mol. The lowest BCUT2D eigenvalue weighted by Crippen LogP contribution is -2.16. The zero-order valence-corrected chi connectivity index (χ0v) is 13.8. The van der Waals surface area contributed by atoms with Gasteiger partial charge in [0.15, 0.2) is 11.5 Å². The van der Waals surface area contributed by atoms with Gasteiger partial charge in [0.05, 0.1) is 4.47 Å². The maximum atomic E-state index is 5.65. The SMILES string of the molecule is Cc1ccc(NCc2cc(Br)c3c(c2)OCCO3)cc1C. The van der Waals surface area contributed by atoms with Gasteiger partial charge in [-0.3, -0.25) is 0 Å². The van der Waals surface area contributed by atoms with Gasteiger partial charge < -0.3 is 14.8 Å². The van der Waals surface area contributed by atoms with Gasteiger partial charge in [-0.25, -0.2) is 0 Å². The van der Waals surface area contributed by atoms with Gasteiger partial charge in [-0.15, -0.1) is 0 Å². The van der Waals surface area contributed by atoms with Crippen molar-refractivity contribution in [2.24, 2.45) is 0 Å². The number of nitrogens with one attached hydrogen (secondary N) is 1. The molecule has 1 heterocycles. The molecular formula is C17H18BrNO2. The fraction of sp³-hybridized carbons (Fsp3) is 0.294. The number of halogens is 1. The second-order valence-electron chi connectivity index (χ2n) is 5.25. The smallest absolute Gasteiger partial charge is 0.175 e. The van der Waals surface area contributed by atoms with Crippen molar-refractivity contribution in [3.05, 3.63) is 51.5 Å². The molecule has 0 saturated heterocycles. The quantitative estimate of drug-likeness (QED) is 0.889. The van der Waals surface area contributed by atoms with Crippen LogP contribution in [0.2, 0.25) is 0 Å². The number of aryl methyl sites for hydroxylation is 2. The minimum Gasteiger partial charge on any atom is -0.486 e. The average molecular weight is 348 g/mol. The van der Waals surface area contributed by atoms with Crippen molar-refractivity contribution in [3.8, 4) is 11.5 Å². The van der Waals surface area contributed by atoms with Gasteiger partial charge in [-0.05, 0) is 70.7 Å². The van der Waals surface area contributed by atoms with Crippen LogP contribution in [0, 0.1) is 13.8 Å². The van der Waals surface area contributed by atoms with Gasteiger partial charge in [0.25, 0.3) is 0 Å². The van der Waals surface area contributed by atoms with Gasteiger partial charge in [-0.1, -0.05) is 6.07 Å². The van der Waals surface area contributed by atoms with E-state index >= 15 is 0 Å². The summed E-state index contributed by atoms with van der Waals surface area (Å²) in [5.74, 6) is 1.61. The largest absolute Gasteiger partial charge is 0.486 e. The van der Waals surface area contributed by atoms with E-state index in [2.05, 4.69) is 59.4 Å². The molecule has 3 rings (SSSR count). The molecule has 0 radical (unpaired) electrons. The van der Waals surface area contributed by atoms with E-state index in [-0.39, 0.29) is 0 Å². The number of benzene rings is 2. The Morgan fingerprint density at radius 2 is 1.86 bits per heavy atom. The minimum atomic E-state index is 0.603. The molecule has 0 atom stereocenters. The molecule has 0 aliphatic carbocycles. The van der Waals surface area contributed by atoms with E-state index in [1.807, 2.05) is 6.07 Å². The Kier molecular flexibility index (Phi) is 4.06. The van der Waals surface area contributed by atoms with E-state index in [4.69, 9.17) is 9.47 Å². The standard InChI is InChI=1S/C17H18BrNO2/c1-11-3-4-14(7-12(11)2)19-10-13-8-15(18)17-16(9-13)20-5-6-21-17/h3-4,7-9,19H,5-6,10H2,1-2H3. The molecule has 0 unspecified atom stereocenters. The summed E-state index contributed by atoms with van der Waals surface area (Å²) in [4.78, 5) is 0. The number of hydrogen-bond donors (Lipinski definition) is 1. The highest BCUT2D eigenvalue weighted by Crippen LogP contribution is 2.38. The molecule has 2 aromatic carbocycles. The first-order valence-corrected chi connectivity index (χ1v) is 7.82. The van der Waals surface area contributed by atoms with E-state index in [0.29, 0.717) is 13.2 Å². The fourth-order valence-corrected chi connectivity index (χ4v) is 2.93. The van der Waals surface area contributed by atoms with Gasteiger partial charge in [-0.2, -0.15) is 0 Å². The highest BCUT2D eigenvalue weighted by Gasteiger charge is 2.16. The molecule has 0 bridgehead atoms. The van der Waals surface area contributed by atoms with Crippen molar-refractivity contribution >= 4 is 21.6 Å². The van der Waals surface area contributed by atoms with E-state index in [1.54, 1.807) is 0 Å². The Balaban J connectivity index is 1.76. The van der Waals surface area contributed by atoms with Crippen LogP contribution < -0.4 is 14.8 Å². The fourth-order valence-electron chi connectivity index (χ4n) is 2.32. The zero-order valence-electron chi connectivity index (χ0n) is 12.2. The normalized spacial score (nSPS) is 13.1. The van der Waals surface area contributed by atoms with Gasteiger partial charge in [0.2, 0.25) is 0 Å². The Bertz CT molecular complexity index is 670. The van der Waals surface area contributed by atoms with Crippen LogP contribution in [-0.4, -0.2) is 13.2 Å². The van der Waals surface area contributed by atoms with Crippen molar-refractivity contribution in [3.63, 3.8) is 0 Å². The number of rotatable bonds is 3. The van der Waals surface area contributed by atoms with Crippen molar-refractivity contribution in [1.82, 2.24) is 0 Å². The Morgan fingerprint density at radius 1 is 1.05 bits per heavy atom. The van der Waals surface area contributed by atoms with E-state index < -0.39 is 0 Å². The molecule has 0 amide bonds. The van der Waals surface area contributed by atoms with Crippen molar-refractivity contribution in [2.45, 2.75) is 20.4 Å². The van der Waals surface area contributed by atoms with Crippen molar-refractivity contribution < 1.29 is 9.47 Å². The molecule has 2 aromatic rings. The highest BCUT2D eigenvalue weighted by atomic mass is 79.9. The van der Waals surface area contributed by atoms with E-state index in [9.17, 15) is 0 Å². The lowest BCUT2D eigenvalue weighted by Gasteiger charge is -2.20. The average Bonchev–Trinajstić information content (AvgIpc) is 2.49. The third-order valence-corrected chi connectivity index (χ3v) is 4.25. The molecular weight excluding hydrogens is 330 g/mol. The first-order valence-electron chi connectivity index (χ1n) is 7.02. The van der Waals surface area contributed by atoms with Crippen molar-refractivity contribution in [1.29, 1.82) is 0 Å². The first kappa shape index (κ1) is 14.3. The summed E-state index contributed by atoms with van der Waals surface area (Å²) >= 11 is 3.55. The third-order valence-electron chi connectivity index (χ3n) is 3.66. The maximum absolute atomic E-state index is 5.65. The molecule has 1 aliphatic heterocycles. The van der Waals surface area contributed by atoms with Crippen LogP contribution in [0.15, 0.2) is 34.8 Å². The summed E-state index contributed by atoms with van der Waals surface area (Å²) < 4.78 is 12.2. The Hall–Kier alpha value is -1.68. The van der Waals surface area contributed by atoms with Crippen LogP contribution in [-0.2, 0) is 6.54 Å². The van der Waals surface area contributed by atoms with Crippen LogP contribution in [0.3, 0.4) is 0 Å². The lowest BCUT2D eigenvalue weighted by molar-refractivity contribution is 0.170. The predicted molar refractivity (Wildman–Crippen MR) is 88.4 cm³/mol. The molecule has 0 fully saturated rings. The van der Waals surface area contributed by atoms with Gasteiger partial charge in [0, 0.05) is 12.2 Å². The summed E-state index contributed by atoms with van der Waals surface area (Å²) in [7, 11) is 0. The van der Waals surface area contributed by atoms with Crippen LogP contribution in [0.4, 0.5) is 5.69 Å². The van der Waals surface area contributed by atoms with Gasteiger partial charge >= 0.3 is 0 Å². The number of ether oxygens (including phenoxy) is 2. The predicted octanol–water partition coefficient (Wildman–Crippen LogP) is 4.45. The molecule has 110 valence electrons. The van der Waals surface area contributed by atoms with Crippen LogP contribution in [0.1, 0.15) is 16.7 Å². The maximum Gasteiger partial charge on any atom is 0.175 e. The summed E-state index contributed by atoms with van der Waals surface area (Å²) in [6, 6.07) is 10.5. The van der Waals surface area contributed by atoms with Gasteiger partial charge in [0.1, 0.15) is 13.2 Å². The number of fused-ring (bicyclic) bond motifs is 1. The zero-order chi connectivity index (χ0) is 14.8. The highest BCUT2D eigenvalue weighted by molar-refractivity contribution is 9.10. The molecule has 1 N–H and O–H groups in total. The third kappa shape index (κ3) is 3.16. The summed E-state index contributed by atoms with van der Waals surface area (Å²) in [6.07, 6.45) is 0. The Morgan fingerprint density at radius 3 is 2.67 bits per heavy atom. The Labute approximate surface area is 133 Å². The second-order valence-corrected chi connectivity index (χ2v) is 6.11.